The van der Waals surface area contributed by atoms with Gasteiger partial charge in [-0.1, -0.05) is 56.2 Å². The molecule has 0 saturated heterocycles. The first kappa shape index (κ1) is 21.5. The van der Waals surface area contributed by atoms with E-state index in [1.54, 1.807) is 12.1 Å². The van der Waals surface area contributed by atoms with E-state index >= 15 is 0 Å². The Kier molecular flexibility index (Phi) is 7.08. The quantitative estimate of drug-likeness (QED) is 0.208. The predicted octanol–water partition coefficient (Wildman–Crippen LogP) is 7.28. The van der Waals surface area contributed by atoms with Crippen molar-refractivity contribution < 1.29 is 13.5 Å². The van der Waals surface area contributed by atoms with Gasteiger partial charge in [0.25, 0.3) is 0 Å². The molecular formula is C27H25FN2O2. The van der Waals surface area contributed by atoms with E-state index in [4.69, 9.17) is 9.15 Å². The van der Waals surface area contributed by atoms with Crippen molar-refractivity contribution >= 4 is 12.2 Å². The fourth-order valence-corrected chi connectivity index (χ4v) is 3.20. The van der Waals surface area contributed by atoms with Crippen molar-refractivity contribution in [2.45, 2.75) is 26.2 Å². The minimum Gasteiger partial charge on any atom is -0.494 e. The third-order valence-corrected chi connectivity index (χ3v) is 5.04. The minimum absolute atomic E-state index is 0.239. The van der Waals surface area contributed by atoms with Crippen LogP contribution in [0.1, 0.15) is 37.3 Å². The molecule has 1 heterocycles. The first-order chi connectivity index (χ1) is 15.7. The average Bonchev–Trinajstić information content (AvgIpc) is 3.33. The van der Waals surface area contributed by atoms with E-state index in [1.165, 1.54) is 25.0 Å². The van der Waals surface area contributed by atoms with Gasteiger partial charge in [-0.2, -0.15) is 0 Å². The van der Waals surface area contributed by atoms with Gasteiger partial charge in [0, 0.05) is 11.1 Å². The molecule has 3 aromatic carbocycles. The van der Waals surface area contributed by atoms with Gasteiger partial charge in [0.2, 0.25) is 11.8 Å². The molecule has 0 aliphatic heterocycles. The normalized spacial score (nSPS) is 11.2. The summed E-state index contributed by atoms with van der Waals surface area (Å²) in [6.07, 6.45) is 7.33. The van der Waals surface area contributed by atoms with E-state index in [2.05, 4.69) is 17.1 Å². The molecule has 162 valence electrons. The zero-order chi connectivity index (χ0) is 22.2. The molecule has 5 heteroatoms. The summed E-state index contributed by atoms with van der Waals surface area (Å²) >= 11 is 0. The Balaban J connectivity index is 1.39. The van der Waals surface area contributed by atoms with Crippen LogP contribution < -0.4 is 4.74 Å². The van der Waals surface area contributed by atoms with E-state index in [-0.39, 0.29) is 5.82 Å². The second kappa shape index (κ2) is 10.5. The third kappa shape index (κ3) is 5.70. The van der Waals surface area contributed by atoms with E-state index in [0.29, 0.717) is 11.8 Å². The number of nitrogens with zero attached hydrogens (tertiary/aromatic N) is 2. The van der Waals surface area contributed by atoms with E-state index in [0.717, 1.165) is 41.0 Å². The Morgan fingerprint density at radius 1 is 0.750 bits per heavy atom. The van der Waals surface area contributed by atoms with Crippen LogP contribution in [-0.4, -0.2) is 16.8 Å². The second-order valence-electron chi connectivity index (χ2n) is 7.50. The molecule has 0 atom stereocenters. The monoisotopic (exact) mass is 428 g/mol. The number of ether oxygens (including phenoxy) is 1. The first-order valence-electron chi connectivity index (χ1n) is 10.8. The van der Waals surface area contributed by atoms with Gasteiger partial charge in [-0.05, 0) is 66.1 Å². The van der Waals surface area contributed by atoms with Crippen LogP contribution in [0, 0.1) is 5.82 Å². The fraction of sp³-hybridized carbons (Fsp3) is 0.185. The smallest absolute Gasteiger partial charge is 0.248 e. The molecule has 4 rings (SSSR count). The van der Waals surface area contributed by atoms with Gasteiger partial charge in [-0.25, -0.2) is 4.39 Å². The van der Waals surface area contributed by atoms with Crippen LogP contribution in [0.2, 0.25) is 0 Å². The van der Waals surface area contributed by atoms with Crippen LogP contribution in [0.3, 0.4) is 0 Å². The van der Waals surface area contributed by atoms with Crippen LogP contribution in [0.25, 0.3) is 35.1 Å². The Morgan fingerprint density at radius 3 is 1.84 bits per heavy atom. The Labute approximate surface area is 187 Å². The summed E-state index contributed by atoms with van der Waals surface area (Å²) in [6.45, 7) is 2.90. The zero-order valence-electron chi connectivity index (χ0n) is 18.0. The number of aromatic nitrogens is 2. The SMILES string of the molecule is CCCCCOc1ccc(-c2nnc(-c3ccc(/C=C/c4ccc(F)cc4)cc3)o2)cc1. The molecule has 0 unspecified atom stereocenters. The zero-order valence-corrected chi connectivity index (χ0v) is 18.0. The lowest BCUT2D eigenvalue weighted by atomic mass is 10.1. The van der Waals surface area contributed by atoms with Crippen molar-refractivity contribution in [2.24, 2.45) is 0 Å². The van der Waals surface area contributed by atoms with Crippen molar-refractivity contribution in [3.8, 4) is 28.7 Å². The first-order valence-corrected chi connectivity index (χ1v) is 10.8. The van der Waals surface area contributed by atoms with Gasteiger partial charge in [0.15, 0.2) is 0 Å². The molecule has 1 aromatic heterocycles. The highest BCUT2D eigenvalue weighted by Gasteiger charge is 2.10. The molecule has 0 fully saturated rings. The highest BCUT2D eigenvalue weighted by atomic mass is 19.1. The topological polar surface area (TPSA) is 48.2 Å². The molecule has 0 amide bonds. The third-order valence-electron chi connectivity index (χ3n) is 5.04. The van der Waals surface area contributed by atoms with Crippen molar-refractivity contribution in [1.82, 2.24) is 10.2 Å². The summed E-state index contributed by atoms with van der Waals surface area (Å²) in [5.74, 6) is 1.54. The molecule has 0 N–H and O–H groups in total. The molecule has 0 aliphatic rings. The van der Waals surface area contributed by atoms with Gasteiger partial charge in [0.05, 0.1) is 6.61 Å². The van der Waals surface area contributed by atoms with Crippen molar-refractivity contribution in [1.29, 1.82) is 0 Å². The molecule has 0 spiro atoms. The van der Waals surface area contributed by atoms with Crippen LogP contribution in [0.15, 0.2) is 77.2 Å². The molecule has 32 heavy (non-hydrogen) atoms. The molecule has 4 nitrogen and oxygen atoms in total. The van der Waals surface area contributed by atoms with Crippen molar-refractivity contribution in [2.75, 3.05) is 6.61 Å². The maximum atomic E-state index is 13.0. The number of benzene rings is 3. The lowest BCUT2D eigenvalue weighted by molar-refractivity contribution is 0.306. The summed E-state index contributed by atoms with van der Waals surface area (Å²) in [5.41, 5.74) is 3.66. The van der Waals surface area contributed by atoms with Crippen LogP contribution in [-0.2, 0) is 0 Å². The molecule has 0 saturated carbocycles. The van der Waals surface area contributed by atoms with E-state index in [1.807, 2.05) is 60.7 Å². The molecular weight excluding hydrogens is 403 g/mol. The van der Waals surface area contributed by atoms with Crippen LogP contribution in [0.4, 0.5) is 4.39 Å². The Bertz CT molecular complexity index is 1150. The summed E-state index contributed by atoms with van der Waals surface area (Å²) in [4.78, 5) is 0. The van der Waals surface area contributed by atoms with Gasteiger partial charge >= 0.3 is 0 Å². The number of hydrogen-bond acceptors (Lipinski definition) is 4. The van der Waals surface area contributed by atoms with Gasteiger partial charge in [-0.3, -0.25) is 0 Å². The highest BCUT2D eigenvalue weighted by molar-refractivity contribution is 5.71. The summed E-state index contributed by atoms with van der Waals surface area (Å²) in [7, 11) is 0. The molecule has 0 bridgehead atoms. The summed E-state index contributed by atoms with van der Waals surface area (Å²) in [5, 5.41) is 8.37. The lowest BCUT2D eigenvalue weighted by Gasteiger charge is -2.05. The lowest BCUT2D eigenvalue weighted by Crippen LogP contribution is -1.96. The fourth-order valence-electron chi connectivity index (χ4n) is 3.20. The number of unbranched alkanes of at least 4 members (excludes halogenated alkanes) is 2. The van der Waals surface area contributed by atoms with Crippen molar-refractivity contribution in [3.05, 3.63) is 89.7 Å². The number of hydrogen-bond donors (Lipinski definition) is 0. The summed E-state index contributed by atoms with van der Waals surface area (Å²) < 4.78 is 24.6. The highest BCUT2D eigenvalue weighted by Crippen LogP contribution is 2.26. The van der Waals surface area contributed by atoms with Gasteiger partial charge < -0.3 is 9.15 Å². The number of rotatable bonds is 9. The van der Waals surface area contributed by atoms with Crippen LogP contribution >= 0.6 is 0 Å². The second-order valence-corrected chi connectivity index (χ2v) is 7.50. The largest absolute Gasteiger partial charge is 0.494 e. The standard InChI is InChI=1S/C27H25FN2O2/c1-2-3-4-19-31-25-17-13-23(14-18-25)27-30-29-26(32-27)22-11-7-20(8-12-22)5-6-21-9-15-24(28)16-10-21/h5-18H,2-4,19H2,1H3/b6-5+. The Morgan fingerprint density at radius 2 is 1.28 bits per heavy atom. The maximum absolute atomic E-state index is 13.0. The van der Waals surface area contributed by atoms with Gasteiger partial charge in [0.1, 0.15) is 11.6 Å². The summed E-state index contributed by atoms with van der Waals surface area (Å²) in [6, 6.07) is 21.9. The Hall–Kier alpha value is -3.73. The van der Waals surface area contributed by atoms with Crippen LogP contribution in [0.5, 0.6) is 5.75 Å². The molecule has 0 radical (unpaired) electrons. The molecule has 0 aliphatic carbocycles. The molecule has 4 aromatic rings. The van der Waals surface area contributed by atoms with Gasteiger partial charge in [-0.15, -0.1) is 10.2 Å². The predicted molar refractivity (Wildman–Crippen MR) is 126 cm³/mol. The van der Waals surface area contributed by atoms with E-state index in [9.17, 15) is 4.39 Å². The average molecular weight is 429 g/mol. The van der Waals surface area contributed by atoms with E-state index < -0.39 is 0 Å². The van der Waals surface area contributed by atoms with Crippen molar-refractivity contribution in [3.63, 3.8) is 0 Å². The number of halogens is 1. The minimum atomic E-state index is -0.239. The maximum Gasteiger partial charge on any atom is 0.248 e.